The van der Waals surface area contributed by atoms with Crippen LogP contribution in [0.3, 0.4) is 0 Å². The minimum absolute atomic E-state index is 0.960. The van der Waals surface area contributed by atoms with Crippen molar-refractivity contribution in [3.8, 4) is 27.6 Å². The predicted molar refractivity (Wildman–Crippen MR) is 136 cm³/mol. The molecule has 0 aliphatic rings. The molecule has 3 nitrogen and oxygen atoms in total. The van der Waals surface area contributed by atoms with Crippen LogP contribution in [0.15, 0.2) is 85.1 Å². The van der Waals surface area contributed by atoms with E-state index in [2.05, 4.69) is 115 Å². The van der Waals surface area contributed by atoms with Gasteiger partial charge in [-0.2, -0.15) is 0 Å². The Hall–Kier alpha value is -3.63. The van der Waals surface area contributed by atoms with Crippen LogP contribution in [-0.4, -0.2) is 14.1 Å². The summed E-state index contributed by atoms with van der Waals surface area (Å²) in [5, 5.41) is 2.56. The molecule has 0 fully saturated rings. The number of nitrogens with zero attached hydrogens (tertiary/aromatic N) is 3. The Morgan fingerprint density at radius 2 is 1.56 bits per heavy atom. The Bertz CT molecular complexity index is 1600. The fourth-order valence-electron chi connectivity index (χ4n) is 4.48. The number of hydrogen-bond acceptors (Lipinski definition) is 2. The molecule has 32 heavy (non-hydrogen) atoms. The number of imidazole rings is 1. The summed E-state index contributed by atoms with van der Waals surface area (Å²) in [4.78, 5) is 7.61. The summed E-state index contributed by atoms with van der Waals surface area (Å²) < 4.78 is 4.49. The molecule has 0 amide bonds. The molecule has 3 heterocycles. The summed E-state index contributed by atoms with van der Waals surface area (Å²) in [6.07, 6.45) is 2.16. The van der Waals surface area contributed by atoms with E-state index in [1.807, 2.05) is 0 Å². The molecule has 3 aromatic carbocycles. The number of benzene rings is 3. The zero-order valence-electron chi connectivity index (χ0n) is 18.3. The molecule has 6 aromatic rings. The van der Waals surface area contributed by atoms with Crippen LogP contribution in [0, 0.1) is 13.8 Å². The van der Waals surface area contributed by atoms with Gasteiger partial charge in [-0.15, -0.1) is 11.3 Å². The molecule has 0 atom stereocenters. The van der Waals surface area contributed by atoms with Crippen molar-refractivity contribution >= 4 is 33.1 Å². The highest BCUT2D eigenvalue weighted by atomic mass is 32.1. The third-order valence-corrected chi connectivity index (χ3v) is 7.21. The van der Waals surface area contributed by atoms with E-state index >= 15 is 0 Å². The van der Waals surface area contributed by atoms with Crippen LogP contribution in [0.5, 0.6) is 0 Å². The van der Waals surface area contributed by atoms with E-state index in [-0.39, 0.29) is 0 Å². The Labute approximate surface area is 191 Å². The van der Waals surface area contributed by atoms with Crippen molar-refractivity contribution in [2.45, 2.75) is 13.8 Å². The first-order valence-electron chi connectivity index (χ1n) is 10.8. The molecule has 0 radical (unpaired) electrons. The van der Waals surface area contributed by atoms with Gasteiger partial charge in [-0.3, -0.25) is 4.57 Å². The van der Waals surface area contributed by atoms with Crippen LogP contribution in [0.1, 0.15) is 10.4 Å². The third kappa shape index (κ3) is 2.99. The molecule has 0 bridgehead atoms. The first-order valence-corrected chi connectivity index (χ1v) is 11.6. The van der Waals surface area contributed by atoms with Gasteiger partial charge >= 0.3 is 0 Å². The first kappa shape index (κ1) is 19.1. The van der Waals surface area contributed by atoms with E-state index in [1.54, 1.807) is 11.3 Å². The molecule has 4 heteroatoms. The van der Waals surface area contributed by atoms with Gasteiger partial charge in [-0.05, 0) is 50.2 Å². The van der Waals surface area contributed by atoms with Crippen molar-refractivity contribution in [1.29, 1.82) is 0 Å². The standard InChI is InChI=1S/C28H23N3S/c1-18-8-12-21(13-9-18)31-17-24(27-15-10-19(2)32-27)29-28(31)20-11-14-23-22-6-4-5-7-25(22)30(3)26(23)16-20/h4-17H,1-3H3. The number of aryl methyl sites for hydroxylation is 3. The molecule has 0 spiro atoms. The second-order valence-electron chi connectivity index (χ2n) is 8.37. The maximum Gasteiger partial charge on any atom is 0.145 e. The van der Waals surface area contributed by atoms with Crippen LogP contribution >= 0.6 is 11.3 Å². The fraction of sp³-hybridized carbons (Fsp3) is 0.107. The van der Waals surface area contributed by atoms with E-state index in [0.717, 1.165) is 22.8 Å². The maximum atomic E-state index is 5.12. The molecule has 0 N–H and O–H groups in total. The van der Waals surface area contributed by atoms with Gasteiger partial charge in [-0.1, -0.05) is 48.0 Å². The van der Waals surface area contributed by atoms with Gasteiger partial charge < -0.3 is 4.57 Å². The molecule has 6 rings (SSSR count). The van der Waals surface area contributed by atoms with Gasteiger partial charge in [0, 0.05) is 51.2 Å². The number of fused-ring (bicyclic) bond motifs is 3. The van der Waals surface area contributed by atoms with Crippen LogP contribution in [0.2, 0.25) is 0 Å². The average Bonchev–Trinajstić information content (AvgIpc) is 3.51. The average molecular weight is 434 g/mol. The second kappa shape index (κ2) is 7.21. The lowest BCUT2D eigenvalue weighted by atomic mass is 10.1. The molecule has 3 aromatic heterocycles. The largest absolute Gasteiger partial charge is 0.344 e. The van der Waals surface area contributed by atoms with Gasteiger partial charge in [-0.25, -0.2) is 4.98 Å². The topological polar surface area (TPSA) is 22.8 Å². The van der Waals surface area contributed by atoms with Crippen LogP contribution in [0.4, 0.5) is 0 Å². The third-order valence-electron chi connectivity index (χ3n) is 6.18. The zero-order valence-corrected chi connectivity index (χ0v) is 19.1. The zero-order chi connectivity index (χ0) is 21.8. The van der Waals surface area contributed by atoms with E-state index < -0.39 is 0 Å². The summed E-state index contributed by atoms with van der Waals surface area (Å²) in [5.74, 6) is 0.960. The fourth-order valence-corrected chi connectivity index (χ4v) is 5.30. The molecule has 0 saturated heterocycles. The summed E-state index contributed by atoms with van der Waals surface area (Å²) in [6.45, 7) is 4.26. The highest BCUT2D eigenvalue weighted by Gasteiger charge is 2.16. The predicted octanol–water partition coefficient (Wildman–Crippen LogP) is 7.53. The van der Waals surface area contributed by atoms with Crippen molar-refractivity contribution in [3.05, 3.63) is 95.5 Å². The molecular formula is C28H23N3S. The minimum atomic E-state index is 0.960. The number of hydrogen-bond donors (Lipinski definition) is 0. The molecule has 0 aliphatic carbocycles. The van der Waals surface area contributed by atoms with E-state index in [1.165, 1.54) is 37.1 Å². The smallest absolute Gasteiger partial charge is 0.145 e. The highest BCUT2D eigenvalue weighted by Crippen LogP contribution is 2.35. The minimum Gasteiger partial charge on any atom is -0.344 e. The van der Waals surface area contributed by atoms with Crippen LogP contribution < -0.4 is 0 Å². The van der Waals surface area contributed by atoms with Gasteiger partial charge in [0.1, 0.15) is 5.82 Å². The van der Waals surface area contributed by atoms with Crippen molar-refractivity contribution in [3.63, 3.8) is 0 Å². The second-order valence-corrected chi connectivity index (χ2v) is 9.66. The molecule has 0 saturated carbocycles. The lowest BCUT2D eigenvalue weighted by molar-refractivity contribution is 1.01. The number of rotatable bonds is 3. The normalized spacial score (nSPS) is 11.6. The van der Waals surface area contributed by atoms with Crippen molar-refractivity contribution in [2.75, 3.05) is 0 Å². The number of aromatic nitrogens is 3. The highest BCUT2D eigenvalue weighted by molar-refractivity contribution is 7.15. The van der Waals surface area contributed by atoms with Crippen LogP contribution in [-0.2, 0) is 7.05 Å². The Morgan fingerprint density at radius 1 is 0.781 bits per heavy atom. The summed E-state index contributed by atoms with van der Waals surface area (Å²) in [6, 6.07) is 28.2. The monoisotopic (exact) mass is 433 g/mol. The van der Waals surface area contributed by atoms with Gasteiger partial charge in [0.05, 0.1) is 10.6 Å². The van der Waals surface area contributed by atoms with Crippen LogP contribution in [0.25, 0.3) is 49.5 Å². The Kier molecular flexibility index (Phi) is 4.30. The Balaban J connectivity index is 1.59. The SMILES string of the molecule is Cc1ccc(-n2cc(-c3ccc(C)s3)nc2-c2ccc3c4ccccc4n(C)c3c2)cc1. The first-order chi connectivity index (χ1) is 15.6. The van der Waals surface area contributed by atoms with Crippen molar-refractivity contribution in [1.82, 2.24) is 14.1 Å². The summed E-state index contributed by atoms with van der Waals surface area (Å²) >= 11 is 1.78. The molecule has 0 aliphatic heterocycles. The van der Waals surface area contributed by atoms with E-state index in [0.29, 0.717) is 0 Å². The van der Waals surface area contributed by atoms with Gasteiger partial charge in [0.2, 0.25) is 0 Å². The maximum absolute atomic E-state index is 5.12. The molecule has 156 valence electrons. The number of para-hydroxylation sites is 1. The Morgan fingerprint density at radius 3 is 2.34 bits per heavy atom. The van der Waals surface area contributed by atoms with Gasteiger partial charge in [0.15, 0.2) is 0 Å². The number of thiophene rings is 1. The lowest BCUT2D eigenvalue weighted by Gasteiger charge is -2.09. The van der Waals surface area contributed by atoms with Crippen molar-refractivity contribution in [2.24, 2.45) is 7.05 Å². The summed E-state index contributed by atoms with van der Waals surface area (Å²) in [5.41, 5.74) is 6.96. The van der Waals surface area contributed by atoms with Crippen molar-refractivity contribution < 1.29 is 0 Å². The molecular weight excluding hydrogens is 410 g/mol. The summed E-state index contributed by atoms with van der Waals surface area (Å²) in [7, 11) is 2.14. The van der Waals surface area contributed by atoms with E-state index in [9.17, 15) is 0 Å². The lowest BCUT2D eigenvalue weighted by Crippen LogP contribution is -1.96. The van der Waals surface area contributed by atoms with E-state index in [4.69, 9.17) is 4.98 Å². The quantitative estimate of drug-likeness (QED) is 0.283. The molecule has 0 unspecified atom stereocenters. The van der Waals surface area contributed by atoms with Gasteiger partial charge in [0.25, 0.3) is 0 Å².